The minimum absolute atomic E-state index is 0.190. The van der Waals surface area contributed by atoms with Crippen molar-refractivity contribution >= 4 is 51.5 Å². The van der Waals surface area contributed by atoms with Gasteiger partial charge in [-0.2, -0.15) is 0 Å². The van der Waals surface area contributed by atoms with Crippen molar-refractivity contribution in [3.05, 3.63) is 70.2 Å². The van der Waals surface area contributed by atoms with Gasteiger partial charge in [-0.15, -0.1) is 0 Å². The summed E-state index contributed by atoms with van der Waals surface area (Å²) < 4.78 is 7.94. The first kappa shape index (κ1) is 21.5. The van der Waals surface area contributed by atoms with E-state index in [1.54, 1.807) is 12.1 Å². The molecule has 0 unspecified atom stereocenters. The predicted molar refractivity (Wildman–Crippen MR) is 126 cm³/mol. The van der Waals surface area contributed by atoms with Crippen LogP contribution in [0.2, 0.25) is 5.02 Å². The molecule has 31 heavy (non-hydrogen) atoms. The maximum atomic E-state index is 12.7. The third-order valence-corrected chi connectivity index (χ3v) is 6.29. The zero-order valence-electron chi connectivity index (χ0n) is 17.2. The summed E-state index contributed by atoms with van der Waals surface area (Å²) >= 11 is 6.93. The highest BCUT2D eigenvalue weighted by Gasteiger charge is 2.34. The van der Waals surface area contributed by atoms with Crippen LogP contribution in [0, 0.1) is 0 Å². The summed E-state index contributed by atoms with van der Waals surface area (Å²) in [6.07, 6.45) is 5.59. The summed E-state index contributed by atoms with van der Waals surface area (Å²) in [5.74, 6) is 0.563. The van der Waals surface area contributed by atoms with Crippen LogP contribution in [0.15, 0.2) is 59.6 Å². The van der Waals surface area contributed by atoms with Crippen molar-refractivity contribution in [3.63, 3.8) is 0 Å². The van der Waals surface area contributed by atoms with E-state index < -0.39 is 0 Å². The molecule has 1 fully saturated rings. The molecule has 3 aromatic rings. The van der Waals surface area contributed by atoms with Crippen molar-refractivity contribution in [2.24, 2.45) is 0 Å². The van der Waals surface area contributed by atoms with Gasteiger partial charge in [0.2, 0.25) is 0 Å². The van der Waals surface area contributed by atoms with Crippen LogP contribution in [0.5, 0.6) is 5.75 Å². The van der Waals surface area contributed by atoms with Crippen molar-refractivity contribution in [1.29, 1.82) is 0 Å². The maximum absolute atomic E-state index is 12.7. The first-order valence-electron chi connectivity index (χ1n) is 10.3. The fraction of sp³-hybridized carbons (Fsp3) is 0.250. The number of ether oxygens (including phenoxy) is 1. The van der Waals surface area contributed by atoms with Crippen molar-refractivity contribution in [2.75, 3.05) is 13.2 Å². The van der Waals surface area contributed by atoms with E-state index in [1.807, 2.05) is 55.6 Å². The lowest BCUT2D eigenvalue weighted by Crippen LogP contribution is -2.29. The Kier molecular flexibility index (Phi) is 6.68. The van der Waals surface area contributed by atoms with Gasteiger partial charge in [0, 0.05) is 34.2 Å². The molecule has 0 bridgehead atoms. The van der Waals surface area contributed by atoms with Gasteiger partial charge in [0.15, 0.2) is 0 Å². The Bertz CT molecular complexity index is 1140. The first-order chi connectivity index (χ1) is 15.1. The Balaban J connectivity index is 1.54. The van der Waals surface area contributed by atoms with Gasteiger partial charge in [0.25, 0.3) is 11.1 Å². The van der Waals surface area contributed by atoms with Crippen molar-refractivity contribution in [1.82, 2.24) is 9.47 Å². The second-order valence-electron chi connectivity index (χ2n) is 7.28. The Labute approximate surface area is 190 Å². The fourth-order valence-electron chi connectivity index (χ4n) is 3.52. The molecule has 5 nitrogen and oxygen atoms in total. The number of carbonyl (C=O) groups excluding carboxylic acids is 2. The van der Waals surface area contributed by atoms with Gasteiger partial charge in [0.1, 0.15) is 12.4 Å². The molecule has 1 aromatic heterocycles. The van der Waals surface area contributed by atoms with Gasteiger partial charge < -0.3 is 9.30 Å². The molecule has 0 radical (unpaired) electrons. The van der Waals surface area contributed by atoms with E-state index in [-0.39, 0.29) is 11.1 Å². The standard InChI is InChI=1S/C24H23ClN2O3S/c1-2-3-12-27-23(28)22(31-24(27)29)15-17-16-26(21-7-5-4-6-20(17)21)13-14-30-19-10-8-18(25)9-11-19/h4-11,15-16H,2-3,12-14H2,1H3/b22-15-. The molecule has 0 spiro atoms. The lowest BCUT2D eigenvalue weighted by molar-refractivity contribution is -0.122. The SMILES string of the molecule is CCCCN1C(=O)S/C(=C\c2cn(CCOc3ccc(Cl)cc3)c3ccccc23)C1=O. The number of aromatic nitrogens is 1. The predicted octanol–water partition coefficient (Wildman–Crippen LogP) is 6.21. The molecule has 0 aliphatic carbocycles. The molecule has 2 amide bonds. The maximum Gasteiger partial charge on any atom is 0.293 e. The third kappa shape index (κ3) is 4.81. The zero-order chi connectivity index (χ0) is 21.8. The van der Waals surface area contributed by atoms with E-state index in [0.29, 0.717) is 29.6 Å². The molecule has 160 valence electrons. The minimum Gasteiger partial charge on any atom is -0.492 e. The van der Waals surface area contributed by atoms with Crippen molar-refractivity contribution < 1.29 is 14.3 Å². The van der Waals surface area contributed by atoms with Crippen molar-refractivity contribution in [3.8, 4) is 5.75 Å². The lowest BCUT2D eigenvalue weighted by Gasteiger charge is -2.10. The highest BCUT2D eigenvalue weighted by molar-refractivity contribution is 8.18. The zero-order valence-corrected chi connectivity index (χ0v) is 18.8. The van der Waals surface area contributed by atoms with Crippen LogP contribution in [-0.4, -0.2) is 33.8 Å². The molecule has 7 heteroatoms. The average Bonchev–Trinajstić information content (AvgIpc) is 3.25. The van der Waals surface area contributed by atoms with E-state index in [2.05, 4.69) is 4.57 Å². The van der Waals surface area contributed by atoms with Crippen LogP contribution in [0.4, 0.5) is 4.79 Å². The van der Waals surface area contributed by atoms with Crippen LogP contribution >= 0.6 is 23.4 Å². The van der Waals surface area contributed by atoms with Crippen LogP contribution in [0.25, 0.3) is 17.0 Å². The molecule has 1 aliphatic heterocycles. The number of thioether (sulfide) groups is 1. The Hall–Kier alpha value is -2.70. The monoisotopic (exact) mass is 454 g/mol. The number of benzene rings is 2. The third-order valence-electron chi connectivity index (χ3n) is 5.13. The number of carbonyl (C=O) groups is 2. The quantitative estimate of drug-likeness (QED) is 0.379. The number of hydrogen-bond acceptors (Lipinski definition) is 4. The van der Waals surface area contributed by atoms with Gasteiger partial charge in [-0.3, -0.25) is 14.5 Å². The molecule has 2 aromatic carbocycles. The summed E-state index contributed by atoms with van der Waals surface area (Å²) in [4.78, 5) is 26.8. The minimum atomic E-state index is -0.202. The van der Waals surface area contributed by atoms with E-state index in [0.717, 1.165) is 46.8 Å². The molecule has 1 aliphatic rings. The van der Waals surface area contributed by atoms with Crippen LogP contribution in [0.1, 0.15) is 25.3 Å². The van der Waals surface area contributed by atoms with E-state index >= 15 is 0 Å². The highest BCUT2D eigenvalue weighted by Crippen LogP contribution is 2.34. The molecule has 2 heterocycles. The van der Waals surface area contributed by atoms with Gasteiger partial charge >= 0.3 is 0 Å². The Morgan fingerprint density at radius 1 is 1.06 bits per heavy atom. The molecule has 0 saturated carbocycles. The number of para-hydroxylation sites is 1. The smallest absolute Gasteiger partial charge is 0.293 e. The van der Waals surface area contributed by atoms with E-state index in [1.165, 1.54) is 4.90 Å². The summed E-state index contributed by atoms with van der Waals surface area (Å²) in [5, 5.41) is 1.52. The summed E-state index contributed by atoms with van der Waals surface area (Å²) in [6.45, 7) is 3.66. The molecule has 0 N–H and O–H groups in total. The van der Waals surface area contributed by atoms with E-state index in [4.69, 9.17) is 16.3 Å². The number of fused-ring (bicyclic) bond motifs is 1. The normalized spacial score (nSPS) is 15.4. The van der Waals surface area contributed by atoms with Crippen LogP contribution in [-0.2, 0) is 11.3 Å². The Morgan fingerprint density at radius 2 is 1.84 bits per heavy atom. The van der Waals surface area contributed by atoms with Gasteiger partial charge in [-0.05, 0) is 54.6 Å². The molecule has 0 atom stereocenters. The Morgan fingerprint density at radius 3 is 2.61 bits per heavy atom. The molecule has 4 rings (SSSR count). The van der Waals surface area contributed by atoms with Crippen LogP contribution < -0.4 is 4.74 Å². The first-order valence-corrected chi connectivity index (χ1v) is 11.5. The largest absolute Gasteiger partial charge is 0.492 e. The molecular formula is C24H23ClN2O3S. The number of rotatable bonds is 8. The lowest BCUT2D eigenvalue weighted by atomic mass is 10.1. The fourth-order valence-corrected chi connectivity index (χ4v) is 4.50. The molecular weight excluding hydrogens is 432 g/mol. The van der Waals surface area contributed by atoms with Crippen LogP contribution in [0.3, 0.4) is 0 Å². The van der Waals surface area contributed by atoms with Gasteiger partial charge in [-0.1, -0.05) is 43.1 Å². The topological polar surface area (TPSA) is 51.5 Å². The van der Waals surface area contributed by atoms with Gasteiger partial charge in [-0.25, -0.2) is 0 Å². The van der Waals surface area contributed by atoms with Crippen molar-refractivity contribution in [2.45, 2.75) is 26.3 Å². The summed E-state index contributed by atoms with van der Waals surface area (Å²) in [6, 6.07) is 15.3. The van der Waals surface area contributed by atoms with Gasteiger partial charge in [0.05, 0.1) is 11.4 Å². The number of nitrogens with zero attached hydrogens (tertiary/aromatic N) is 2. The number of amides is 2. The summed E-state index contributed by atoms with van der Waals surface area (Å²) in [7, 11) is 0. The number of halogens is 1. The molecule has 1 saturated heterocycles. The number of imide groups is 1. The second kappa shape index (κ2) is 9.62. The summed E-state index contributed by atoms with van der Waals surface area (Å²) in [5.41, 5.74) is 1.97. The number of hydrogen-bond donors (Lipinski definition) is 0. The highest BCUT2D eigenvalue weighted by atomic mass is 35.5. The van der Waals surface area contributed by atoms with E-state index in [9.17, 15) is 9.59 Å². The number of unbranched alkanes of at least 4 members (excludes halogenated alkanes) is 1. The second-order valence-corrected chi connectivity index (χ2v) is 8.71. The average molecular weight is 455 g/mol.